The van der Waals surface area contributed by atoms with Gasteiger partial charge < -0.3 is 5.32 Å². The van der Waals surface area contributed by atoms with Gasteiger partial charge in [0.05, 0.1) is 34.5 Å². The molecule has 0 fully saturated rings. The van der Waals surface area contributed by atoms with Crippen molar-refractivity contribution in [1.82, 2.24) is 15.1 Å². The van der Waals surface area contributed by atoms with Crippen LogP contribution in [0.2, 0.25) is 0 Å². The van der Waals surface area contributed by atoms with Gasteiger partial charge in [0.1, 0.15) is 0 Å². The van der Waals surface area contributed by atoms with Crippen molar-refractivity contribution in [2.45, 2.75) is 6.54 Å². The Balaban J connectivity index is 2.08. The van der Waals surface area contributed by atoms with Crippen LogP contribution >= 0.6 is 15.9 Å². The highest BCUT2D eigenvalue weighted by Gasteiger charge is 2.09. The zero-order chi connectivity index (χ0) is 13.8. The second-order valence-corrected chi connectivity index (χ2v) is 4.79. The third kappa shape index (κ3) is 3.01. The van der Waals surface area contributed by atoms with E-state index in [0.717, 1.165) is 10.2 Å². The maximum Gasteiger partial charge on any atom is 0.251 e. The molecule has 0 bridgehead atoms. The lowest BCUT2D eigenvalue weighted by molar-refractivity contribution is 0.0950. The van der Waals surface area contributed by atoms with Crippen molar-refractivity contribution < 1.29 is 4.79 Å². The number of nitrogens with zero attached hydrogens (tertiary/aromatic N) is 3. The largest absolute Gasteiger partial charge is 0.346 e. The SMILES string of the molecule is Cn1ncc(Br)c1CNC(=O)c1cccc(C#N)c1. The zero-order valence-corrected chi connectivity index (χ0v) is 11.8. The molecule has 19 heavy (non-hydrogen) atoms. The Labute approximate surface area is 119 Å². The van der Waals surface area contributed by atoms with Gasteiger partial charge in [0, 0.05) is 12.6 Å². The quantitative estimate of drug-likeness (QED) is 0.940. The highest BCUT2D eigenvalue weighted by molar-refractivity contribution is 9.10. The molecule has 0 aliphatic heterocycles. The van der Waals surface area contributed by atoms with E-state index in [2.05, 4.69) is 26.3 Å². The summed E-state index contributed by atoms with van der Waals surface area (Å²) in [5, 5.41) is 15.7. The second kappa shape index (κ2) is 5.67. The Morgan fingerprint density at radius 1 is 1.58 bits per heavy atom. The van der Waals surface area contributed by atoms with E-state index in [1.54, 1.807) is 35.1 Å². The van der Waals surface area contributed by atoms with E-state index in [1.807, 2.05) is 13.1 Å². The Morgan fingerprint density at radius 2 is 2.37 bits per heavy atom. The molecule has 1 N–H and O–H groups in total. The maximum absolute atomic E-state index is 12.0. The maximum atomic E-state index is 12.0. The van der Waals surface area contributed by atoms with Gasteiger partial charge in [-0.3, -0.25) is 9.48 Å². The monoisotopic (exact) mass is 318 g/mol. The van der Waals surface area contributed by atoms with Crippen molar-refractivity contribution >= 4 is 21.8 Å². The van der Waals surface area contributed by atoms with Crippen molar-refractivity contribution in [3.8, 4) is 6.07 Å². The molecular formula is C13H11BrN4O. The van der Waals surface area contributed by atoms with Crippen LogP contribution in [0.5, 0.6) is 0 Å². The van der Waals surface area contributed by atoms with Gasteiger partial charge in [0.2, 0.25) is 0 Å². The number of hydrogen-bond donors (Lipinski definition) is 1. The van der Waals surface area contributed by atoms with E-state index in [-0.39, 0.29) is 5.91 Å². The number of carbonyl (C=O) groups excluding carboxylic acids is 1. The van der Waals surface area contributed by atoms with Crippen LogP contribution in [0.3, 0.4) is 0 Å². The third-order valence-corrected chi connectivity index (χ3v) is 3.34. The fraction of sp³-hybridized carbons (Fsp3) is 0.154. The van der Waals surface area contributed by atoms with E-state index < -0.39 is 0 Å². The highest BCUT2D eigenvalue weighted by atomic mass is 79.9. The molecule has 1 aromatic heterocycles. The Kier molecular flexibility index (Phi) is 3.97. The minimum absolute atomic E-state index is 0.217. The predicted molar refractivity (Wildman–Crippen MR) is 73.2 cm³/mol. The van der Waals surface area contributed by atoms with Gasteiger partial charge in [-0.1, -0.05) is 6.07 Å². The van der Waals surface area contributed by atoms with Crippen LogP contribution in [-0.4, -0.2) is 15.7 Å². The van der Waals surface area contributed by atoms with E-state index in [4.69, 9.17) is 5.26 Å². The van der Waals surface area contributed by atoms with Crippen molar-refractivity contribution in [3.63, 3.8) is 0 Å². The Hall–Kier alpha value is -2.13. The minimum atomic E-state index is -0.217. The van der Waals surface area contributed by atoms with Crippen LogP contribution in [0.1, 0.15) is 21.6 Å². The van der Waals surface area contributed by atoms with Gasteiger partial charge in [0.25, 0.3) is 5.91 Å². The molecule has 0 saturated heterocycles. The predicted octanol–water partition coefficient (Wildman–Crippen LogP) is 1.98. The number of aromatic nitrogens is 2. The van der Waals surface area contributed by atoms with Crippen LogP contribution in [0.15, 0.2) is 34.9 Å². The molecule has 0 atom stereocenters. The third-order valence-electron chi connectivity index (χ3n) is 2.68. The first-order valence-electron chi connectivity index (χ1n) is 5.56. The summed E-state index contributed by atoms with van der Waals surface area (Å²) in [6.07, 6.45) is 1.68. The molecule has 0 radical (unpaired) electrons. The molecule has 0 aliphatic rings. The second-order valence-electron chi connectivity index (χ2n) is 3.94. The Bertz CT molecular complexity index is 637. The van der Waals surface area contributed by atoms with Crippen LogP contribution in [0.25, 0.3) is 0 Å². The topological polar surface area (TPSA) is 70.7 Å². The molecule has 0 spiro atoms. The molecule has 0 aliphatic carbocycles. The first-order chi connectivity index (χ1) is 9.11. The molecule has 1 heterocycles. The standard InChI is InChI=1S/C13H11BrN4O/c1-18-12(11(14)7-17-18)8-16-13(19)10-4-2-3-9(5-10)6-15/h2-5,7H,8H2,1H3,(H,16,19). The van der Waals surface area contributed by atoms with Crippen molar-refractivity contribution in [2.24, 2.45) is 7.05 Å². The van der Waals surface area contributed by atoms with Gasteiger partial charge in [-0.15, -0.1) is 0 Å². The van der Waals surface area contributed by atoms with Crippen molar-refractivity contribution in [3.05, 3.63) is 51.8 Å². The summed E-state index contributed by atoms with van der Waals surface area (Å²) in [5.41, 5.74) is 1.82. The zero-order valence-electron chi connectivity index (χ0n) is 10.2. The van der Waals surface area contributed by atoms with Crippen LogP contribution in [0.4, 0.5) is 0 Å². The number of aryl methyl sites for hydroxylation is 1. The molecule has 96 valence electrons. The fourth-order valence-corrected chi connectivity index (χ4v) is 2.12. The first-order valence-corrected chi connectivity index (χ1v) is 6.36. The average molecular weight is 319 g/mol. The number of rotatable bonds is 3. The number of nitrogens with one attached hydrogen (secondary N) is 1. The normalized spacial score (nSPS) is 9.95. The highest BCUT2D eigenvalue weighted by Crippen LogP contribution is 2.14. The van der Waals surface area contributed by atoms with Gasteiger partial charge in [-0.05, 0) is 34.1 Å². The van der Waals surface area contributed by atoms with E-state index in [1.165, 1.54) is 0 Å². The molecular weight excluding hydrogens is 308 g/mol. The van der Waals surface area contributed by atoms with Gasteiger partial charge in [-0.25, -0.2) is 0 Å². The summed E-state index contributed by atoms with van der Waals surface area (Å²) in [7, 11) is 1.81. The number of benzene rings is 1. The summed E-state index contributed by atoms with van der Waals surface area (Å²) in [6.45, 7) is 0.368. The molecule has 5 nitrogen and oxygen atoms in total. The smallest absolute Gasteiger partial charge is 0.251 e. The fourth-order valence-electron chi connectivity index (χ4n) is 1.63. The van der Waals surface area contributed by atoms with Gasteiger partial charge >= 0.3 is 0 Å². The number of halogens is 1. The van der Waals surface area contributed by atoms with Crippen LogP contribution < -0.4 is 5.32 Å². The molecule has 2 aromatic rings. The average Bonchev–Trinajstić information content (AvgIpc) is 2.75. The lowest BCUT2D eigenvalue weighted by Gasteiger charge is -2.06. The molecule has 1 aromatic carbocycles. The summed E-state index contributed by atoms with van der Waals surface area (Å²) in [4.78, 5) is 12.0. The number of amides is 1. The summed E-state index contributed by atoms with van der Waals surface area (Å²) in [6, 6.07) is 8.60. The number of nitriles is 1. The summed E-state index contributed by atoms with van der Waals surface area (Å²) >= 11 is 3.37. The van der Waals surface area contributed by atoms with Gasteiger partial charge in [0.15, 0.2) is 0 Å². The van der Waals surface area contributed by atoms with Crippen LogP contribution in [-0.2, 0) is 13.6 Å². The summed E-state index contributed by atoms with van der Waals surface area (Å²) < 4.78 is 2.54. The van der Waals surface area contributed by atoms with E-state index in [9.17, 15) is 4.79 Å². The van der Waals surface area contributed by atoms with Crippen molar-refractivity contribution in [1.29, 1.82) is 5.26 Å². The minimum Gasteiger partial charge on any atom is -0.346 e. The number of carbonyl (C=O) groups is 1. The lowest BCUT2D eigenvalue weighted by Crippen LogP contribution is -2.24. The Morgan fingerprint density at radius 3 is 3.00 bits per heavy atom. The lowest BCUT2D eigenvalue weighted by atomic mass is 10.1. The molecule has 1 amide bonds. The summed E-state index contributed by atoms with van der Waals surface area (Å²) in [5.74, 6) is -0.217. The van der Waals surface area contributed by atoms with Gasteiger partial charge in [-0.2, -0.15) is 10.4 Å². The molecule has 0 saturated carbocycles. The molecule has 2 rings (SSSR count). The molecule has 0 unspecified atom stereocenters. The number of hydrogen-bond acceptors (Lipinski definition) is 3. The van der Waals surface area contributed by atoms with Crippen LogP contribution in [0, 0.1) is 11.3 Å². The van der Waals surface area contributed by atoms with E-state index in [0.29, 0.717) is 17.7 Å². The van der Waals surface area contributed by atoms with Crippen molar-refractivity contribution in [2.75, 3.05) is 0 Å². The first kappa shape index (κ1) is 13.3. The molecule has 6 heteroatoms. The van der Waals surface area contributed by atoms with E-state index >= 15 is 0 Å².